The van der Waals surface area contributed by atoms with Crippen molar-refractivity contribution in [2.24, 2.45) is 0 Å². The molecule has 2 aromatic carbocycles. The summed E-state index contributed by atoms with van der Waals surface area (Å²) >= 11 is 12.2. The van der Waals surface area contributed by atoms with Gasteiger partial charge < -0.3 is 0 Å². The molecule has 2 rings (SSSR count). The highest BCUT2D eigenvalue weighted by Gasteiger charge is 2.16. The zero-order valence-electron chi connectivity index (χ0n) is 9.64. The molecular formula is C14H9Br2ClF2. The third kappa shape index (κ3) is 3.77. The molecule has 100 valence electrons. The van der Waals surface area contributed by atoms with Crippen LogP contribution in [0.1, 0.15) is 16.0 Å². The number of alkyl halides is 1. The number of hydrogen-bond donors (Lipinski definition) is 0. The molecule has 0 N–H and O–H groups in total. The van der Waals surface area contributed by atoms with Crippen LogP contribution in [-0.4, -0.2) is 0 Å². The Labute approximate surface area is 132 Å². The highest BCUT2D eigenvalue weighted by molar-refractivity contribution is 9.10. The highest BCUT2D eigenvalue weighted by atomic mass is 79.9. The summed E-state index contributed by atoms with van der Waals surface area (Å²) < 4.78 is 27.4. The van der Waals surface area contributed by atoms with E-state index in [0.717, 1.165) is 11.6 Å². The Hall–Kier alpha value is -0.450. The van der Waals surface area contributed by atoms with E-state index in [0.29, 0.717) is 17.0 Å². The van der Waals surface area contributed by atoms with Gasteiger partial charge >= 0.3 is 0 Å². The van der Waals surface area contributed by atoms with Crippen LogP contribution in [0.3, 0.4) is 0 Å². The fourth-order valence-corrected chi connectivity index (χ4v) is 3.01. The monoisotopic (exact) mass is 408 g/mol. The van der Waals surface area contributed by atoms with Crippen molar-refractivity contribution < 1.29 is 8.78 Å². The molecule has 0 aromatic heterocycles. The van der Waals surface area contributed by atoms with Crippen LogP contribution >= 0.6 is 43.5 Å². The van der Waals surface area contributed by atoms with Crippen LogP contribution in [-0.2, 0) is 6.42 Å². The predicted octanol–water partition coefficient (Wildman–Crippen LogP) is 6.06. The van der Waals surface area contributed by atoms with Crippen LogP contribution in [0.25, 0.3) is 0 Å². The van der Waals surface area contributed by atoms with Crippen LogP contribution < -0.4 is 0 Å². The minimum absolute atomic E-state index is 0.121. The average molecular weight is 410 g/mol. The molecule has 0 radical (unpaired) electrons. The third-order valence-corrected chi connectivity index (χ3v) is 4.34. The molecule has 0 bridgehead atoms. The molecule has 0 nitrogen and oxygen atoms in total. The Kier molecular flexibility index (Phi) is 4.98. The van der Waals surface area contributed by atoms with Crippen molar-refractivity contribution in [3.63, 3.8) is 0 Å². The molecule has 0 saturated heterocycles. The van der Waals surface area contributed by atoms with Gasteiger partial charge in [0.2, 0.25) is 0 Å². The number of rotatable bonds is 3. The second-order valence-corrected chi connectivity index (χ2v) is 6.49. The van der Waals surface area contributed by atoms with Crippen molar-refractivity contribution in [2.45, 2.75) is 11.2 Å². The summed E-state index contributed by atoms with van der Waals surface area (Å²) in [5.41, 5.74) is 1.25. The first-order valence-corrected chi connectivity index (χ1v) is 7.59. The maximum Gasteiger partial charge on any atom is 0.137 e. The van der Waals surface area contributed by atoms with Crippen molar-refractivity contribution in [1.29, 1.82) is 0 Å². The van der Waals surface area contributed by atoms with Gasteiger partial charge in [0.15, 0.2) is 0 Å². The molecule has 0 heterocycles. The summed E-state index contributed by atoms with van der Waals surface area (Å²) in [5, 5.41) is 0.625. The summed E-state index contributed by atoms with van der Waals surface area (Å²) in [4.78, 5) is -0.312. The van der Waals surface area contributed by atoms with E-state index in [9.17, 15) is 8.78 Å². The number of benzene rings is 2. The van der Waals surface area contributed by atoms with Gasteiger partial charge in [0.25, 0.3) is 0 Å². The minimum Gasteiger partial charge on any atom is -0.207 e. The lowest BCUT2D eigenvalue weighted by atomic mass is 10.0. The van der Waals surface area contributed by atoms with Crippen LogP contribution in [0.15, 0.2) is 40.9 Å². The van der Waals surface area contributed by atoms with E-state index in [-0.39, 0.29) is 9.30 Å². The Morgan fingerprint density at radius 3 is 2.53 bits per heavy atom. The molecule has 19 heavy (non-hydrogen) atoms. The molecule has 0 aliphatic carbocycles. The zero-order valence-corrected chi connectivity index (χ0v) is 13.6. The smallest absolute Gasteiger partial charge is 0.137 e. The van der Waals surface area contributed by atoms with E-state index < -0.39 is 11.6 Å². The summed E-state index contributed by atoms with van der Waals surface area (Å²) in [5.74, 6) is -0.927. The fraction of sp³-hybridized carbons (Fsp3) is 0.143. The van der Waals surface area contributed by atoms with E-state index in [1.807, 2.05) is 18.2 Å². The lowest BCUT2D eigenvalue weighted by Gasteiger charge is -2.12. The highest BCUT2D eigenvalue weighted by Crippen LogP contribution is 2.32. The van der Waals surface area contributed by atoms with Crippen molar-refractivity contribution >= 4 is 43.5 Å². The Morgan fingerprint density at radius 1 is 1.11 bits per heavy atom. The number of halogens is 5. The summed E-state index contributed by atoms with van der Waals surface area (Å²) in [6.07, 6.45) is 0.526. The van der Waals surface area contributed by atoms with Crippen molar-refractivity contribution in [1.82, 2.24) is 0 Å². The van der Waals surface area contributed by atoms with Crippen LogP contribution in [0.5, 0.6) is 0 Å². The van der Waals surface area contributed by atoms with E-state index in [1.54, 1.807) is 6.07 Å². The van der Waals surface area contributed by atoms with Gasteiger partial charge in [-0.15, -0.1) is 0 Å². The maximum absolute atomic E-state index is 13.8. The standard InChI is InChI=1S/C14H9Br2ClF2/c15-11(5-8-2-1-3-9(17)4-8)10-6-14(19)12(16)7-13(10)18/h1-4,6-7,11H,5H2. The van der Waals surface area contributed by atoms with E-state index in [2.05, 4.69) is 31.9 Å². The lowest BCUT2D eigenvalue weighted by molar-refractivity contribution is 0.579. The Balaban J connectivity index is 2.25. The van der Waals surface area contributed by atoms with E-state index >= 15 is 0 Å². The van der Waals surface area contributed by atoms with E-state index in [4.69, 9.17) is 11.6 Å². The van der Waals surface area contributed by atoms with Gasteiger partial charge in [-0.1, -0.05) is 39.7 Å². The van der Waals surface area contributed by atoms with Gasteiger partial charge in [0.1, 0.15) is 11.6 Å². The Morgan fingerprint density at radius 2 is 1.84 bits per heavy atom. The summed E-state index contributed by atoms with van der Waals surface area (Å²) in [6, 6.07) is 9.64. The molecular weight excluding hydrogens is 401 g/mol. The van der Waals surface area contributed by atoms with Crippen LogP contribution in [0, 0.1) is 11.6 Å². The SMILES string of the molecule is Fc1cc(C(Br)Cc2cccc(Cl)c2)c(F)cc1Br. The fourth-order valence-electron chi connectivity index (χ4n) is 1.76. The third-order valence-electron chi connectivity index (χ3n) is 2.68. The predicted molar refractivity (Wildman–Crippen MR) is 80.9 cm³/mol. The minimum atomic E-state index is -0.480. The molecule has 1 atom stereocenters. The van der Waals surface area contributed by atoms with Gasteiger partial charge in [-0.25, -0.2) is 8.78 Å². The van der Waals surface area contributed by atoms with Gasteiger partial charge in [0, 0.05) is 15.4 Å². The van der Waals surface area contributed by atoms with Crippen LogP contribution in [0.2, 0.25) is 5.02 Å². The summed E-state index contributed by atoms with van der Waals surface area (Å²) in [7, 11) is 0. The quantitative estimate of drug-likeness (QED) is 0.426. The molecule has 5 heteroatoms. The maximum atomic E-state index is 13.8. The van der Waals surface area contributed by atoms with Crippen LogP contribution in [0.4, 0.5) is 8.78 Å². The first kappa shape index (κ1) is 14.9. The molecule has 1 unspecified atom stereocenters. The van der Waals surface area contributed by atoms with Gasteiger partial charge in [-0.2, -0.15) is 0 Å². The van der Waals surface area contributed by atoms with Gasteiger partial charge in [-0.05, 0) is 52.2 Å². The topological polar surface area (TPSA) is 0 Å². The van der Waals surface area contributed by atoms with Crippen molar-refractivity contribution in [3.05, 3.63) is 68.7 Å². The van der Waals surface area contributed by atoms with Crippen molar-refractivity contribution in [3.8, 4) is 0 Å². The molecule has 0 amide bonds. The van der Waals surface area contributed by atoms with Gasteiger partial charge in [-0.3, -0.25) is 0 Å². The number of hydrogen-bond acceptors (Lipinski definition) is 0. The molecule has 0 aliphatic rings. The van der Waals surface area contributed by atoms with E-state index in [1.165, 1.54) is 6.07 Å². The normalized spacial score (nSPS) is 12.5. The molecule has 2 aromatic rings. The zero-order chi connectivity index (χ0) is 14.0. The first-order valence-electron chi connectivity index (χ1n) is 5.50. The second kappa shape index (κ2) is 6.33. The van der Waals surface area contributed by atoms with Gasteiger partial charge in [0.05, 0.1) is 4.47 Å². The molecule has 0 saturated carbocycles. The summed E-state index contributed by atoms with van der Waals surface area (Å²) in [6.45, 7) is 0. The van der Waals surface area contributed by atoms with Crippen molar-refractivity contribution in [2.75, 3.05) is 0 Å². The largest absolute Gasteiger partial charge is 0.207 e. The average Bonchev–Trinajstić information content (AvgIpc) is 2.33. The second-order valence-electron chi connectivity index (χ2n) is 4.09. The molecule has 0 fully saturated rings. The molecule has 0 spiro atoms. The first-order chi connectivity index (χ1) is 8.97. The lowest BCUT2D eigenvalue weighted by Crippen LogP contribution is -2.00. The molecule has 0 aliphatic heterocycles. The Bertz CT molecular complexity index is 602.